The number of hydrogen-bond acceptors (Lipinski definition) is 4. The molecule has 3 atom stereocenters. The SMILES string of the molecule is C[C@@H]1NC(=O)N[C@@H]1CCCCC(NC(=O)OC(C)(C)C)C(=O)O. The van der Waals surface area contributed by atoms with E-state index in [4.69, 9.17) is 4.74 Å². The van der Waals surface area contributed by atoms with E-state index in [1.54, 1.807) is 20.8 Å². The number of carbonyl (C=O) groups excluding carboxylic acids is 2. The van der Waals surface area contributed by atoms with E-state index in [1.165, 1.54) is 0 Å². The maximum atomic E-state index is 11.6. The van der Waals surface area contributed by atoms with Crippen molar-refractivity contribution in [3.63, 3.8) is 0 Å². The molecule has 1 aliphatic rings. The van der Waals surface area contributed by atoms with Gasteiger partial charge in [-0.3, -0.25) is 0 Å². The molecule has 0 radical (unpaired) electrons. The van der Waals surface area contributed by atoms with Crippen molar-refractivity contribution in [2.24, 2.45) is 0 Å². The van der Waals surface area contributed by atoms with Crippen molar-refractivity contribution in [2.45, 2.75) is 77.1 Å². The molecule has 3 amide bonds. The minimum Gasteiger partial charge on any atom is -0.480 e. The lowest BCUT2D eigenvalue weighted by atomic mass is 10.0. The van der Waals surface area contributed by atoms with Gasteiger partial charge in [-0.2, -0.15) is 0 Å². The molecule has 23 heavy (non-hydrogen) atoms. The molecule has 0 aromatic carbocycles. The Balaban J connectivity index is 2.32. The third-order valence-corrected chi connectivity index (χ3v) is 3.53. The van der Waals surface area contributed by atoms with Crippen molar-refractivity contribution < 1.29 is 24.2 Å². The van der Waals surface area contributed by atoms with E-state index in [0.717, 1.165) is 12.8 Å². The Hall–Kier alpha value is -1.99. The highest BCUT2D eigenvalue weighted by atomic mass is 16.6. The summed E-state index contributed by atoms with van der Waals surface area (Å²) in [7, 11) is 0. The van der Waals surface area contributed by atoms with Gasteiger partial charge in [0.1, 0.15) is 11.6 Å². The standard InChI is InChI=1S/C15H27N3O5/c1-9-10(17-13(21)16-9)7-5-6-8-11(12(19)20)18-14(22)23-15(2,3)4/h9-11H,5-8H2,1-4H3,(H,18,22)(H,19,20)(H2,16,17,21)/t9-,10+,11?/m0/s1. The monoisotopic (exact) mass is 329 g/mol. The van der Waals surface area contributed by atoms with E-state index in [0.29, 0.717) is 12.8 Å². The molecule has 4 N–H and O–H groups in total. The van der Waals surface area contributed by atoms with Gasteiger partial charge in [-0.05, 0) is 40.5 Å². The van der Waals surface area contributed by atoms with Gasteiger partial charge in [0.2, 0.25) is 0 Å². The normalized spacial score (nSPS) is 22.0. The van der Waals surface area contributed by atoms with Crippen molar-refractivity contribution in [3.05, 3.63) is 0 Å². The molecule has 132 valence electrons. The Kier molecular flexibility index (Phi) is 6.65. The van der Waals surface area contributed by atoms with Gasteiger partial charge in [0.05, 0.1) is 6.04 Å². The summed E-state index contributed by atoms with van der Waals surface area (Å²) in [6.07, 6.45) is 1.74. The van der Waals surface area contributed by atoms with Crippen LogP contribution in [0, 0.1) is 0 Å². The highest BCUT2D eigenvalue weighted by Gasteiger charge is 2.28. The van der Waals surface area contributed by atoms with Gasteiger partial charge in [0, 0.05) is 6.04 Å². The molecule has 1 rings (SSSR count). The molecule has 0 spiro atoms. The van der Waals surface area contributed by atoms with Crippen LogP contribution in [0.25, 0.3) is 0 Å². The lowest BCUT2D eigenvalue weighted by Crippen LogP contribution is -2.43. The first-order valence-corrected chi connectivity index (χ1v) is 7.88. The topological polar surface area (TPSA) is 117 Å². The average Bonchev–Trinajstić information content (AvgIpc) is 2.69. The molecule has 1 fully saturated rings. The van der Waals surface area contributed by atoms with E-state index in [-0.39, 0.29) is 18.1 Å². The van der Waals surface area contributed by atoms with E-state index < -0.39 is 23.7 Å². The number of nitrogens with one attached hydrogen (secondary N) is 3. The predicted molar refractivity (Wildman–Crippen MR) is 84.2 cm³/mol. The summed E-state index contributed by atoms with van der Waals surface area (Å²) >= 11 is 0. The second kappa shape index (κ2) is 8.03. The van der Waals surface area contributed by atoms with Crippen LogP contribution in [0.5, 0.6) is 0 Å². The number of aliphatic carboxylic acids is 1. The zero-order valence-electron chi connectivity index (χ0n) is 14.1. The van der Waals surface area contributed by atoms with Crippen LogP contribution in [0.2, 0.25) is 0 Å². The molecule has 1 heterocycles. The van der Waals surface area contributed by atoms with E-state index in [2.05, 4.69) is 16.0 Å². The summed E-state index contributed by atoms with van der Waals surface area (Å²) in [5, 5.41) is 17.1. The Bertz CT molecular complexity index is 447. The first kappa shape index (κ1) is 19.1. The molecule has 0 saturated carbocycles. The first-order valence-electron chi connectivity index (χ1n) is 7.88. The highest BCUT2D eigenvalue weighted by molar-refractivity contribution is 5.80. The number of urea groups is 1. The van der Waals surface area contributed by atoms with Gasteiger partial charge in [0.15, 0.2) is 0 Å². The number of rotatable bonds is 7. The number of amides is 3. The minimum absolute atomic E-state index is 0.0598. The zero-order valence-corrected chi connectivity index (χ0v) is 14.1. The zero-order chi connectivity index (χ0) is 17.6. The lowest BCUT2D eigenvalue weighted by Gasteiger charge is -2.22. The van der Waals surface area contributed by atoms with Gasteiger partial charge in [0.25, 0.3) is 0 Å². The van der Waals surface area contributed by atoms with Crippen LogP contribution in [0.1, 0.15) is 53.4 Å². The minimum atomic E-state index is -1.08. The maximum Gasteiger partial charge on any atom is 0.408 e. The molecule has 0 bridgehead atoms. The van der Waals surface area contributed by atoms with Crippen molar-refractivity contribution in [2.75, 3.05) is 0 Å². The number of hydrogen-bond donors (Lipinski definition) is 4. The van der Waals surface area contributed by atoms with Crippen LogP contribution < -0.4 is 16.0 Å². The lowest BCUT2D eigenvalue weighted by molar-refractivity contribution is -0.139. The van der Waals surface area contributed by atoms with Crippen molar-refractivity contribution >= 4 is 18.1 Å². The predicted octanol–water partition coefficient (Wildman–Crippen LogP) is 1.59. The molecular formula is C15H27N3O5. The van der Waals surface area contributed by atoms with Crippen LogP contribution in [0.4, 0.5) is 9.59 Å². The maximum absolute atomic E-state index is 11.6. The van der Waals surface area contributed by atoms with Crippen LogP contribution >= 0.6 is 0 Å². The molecule has 8 nitrogen and oxygen atoms in total. The third-order valence-electron chi connectivity index (χ3n) is 3.53. The Morgan fingerprint density at radius 2 is 1.96 bits per heavy atom. The van der Waals surface area contributed by atoms with E-state index in [9.17, 15) is 19.5 Å². The third kappa shape index (κ3) is 7.21. The van der Waals surface area contributed by atoms with Gasteiger partial charge in [-0.1, -0.05) is 12.8 Å². The quantitative estimate of drug-likeness (QED) is 0.529. The number of carboxylic acid groups (broad SMARTS) is 1. The summed E-state index contributed by atoms with van der Waals surface area (Å²) in [4.78, 5) is 34.0. The molecule has 0 aromatic rings. The van der Waals surface area contributed by atoms with Crippen molar-refractivity contribution in [1.82, 2.24) is 16.0 Å². The Labute approximate surface area is 136 Å². The molecule has 8 heteroatoms. The smallest absolute Gasteiger partial charge is 0.408 e. The number of unbranched alkanes of at least 4 members (excludes halogenated alkanes) is 1. The number of ether oxygens (including phenoxy) is 1. The van der Waals surface area contributed by atoms with E-state index in [1.807, 2.05) is 6.92 Å². The summed E-state index contributed by atoms with van der Waals surface area (Å²) in [6.45, 7) is 7.07. The number of alkyl carbamates (subject to hydrolysis) is 1. The van der Waals surface area contributed by atoms with Crippen LogP contribution in [-0.2, 0) is 9.53 Å². The number of carbonyl (C=O) groups is 3. The first-order chi connectivity index (χ1) is 10.6. The largest absolute Gasteiger partial charge is 0.480 e. The molecular weight excluding hydrogens is 302 g/mol. The van der Waals surface area contributed by atoms with E-state index >= 15 is 0 Å². The fourth-order valence-electron chi connectivity index (χ4n) is 2.38. The summed E-state index contributed by atoms with van der Waals surface area (Å²) in [5.41, 5.74) is -0.670. The Morgan fingerprint density at radius 1 is 1.30 bits per heavy atom. The second-order valence-electron chi connectivity index (χ2n) is 6.83. The molecule has 1 saturated heterocycles. The molecule has 0 aromatic heterocycles. The Morgan fingerprint density at radius 3 is 2.43 bits per heavy atom. The van der Waals surface area contributed by atoms with Crippen molar-refractivity contribution in [3.8, 4) is 0 Å². The van der Waals surface area contributed by atoms with Crippen LogP contribution in [0.15, 0.2) is 0 Å². The number of carboxylic acids is 1. The fourth-order valence-corrected chi connectivity index (χ4v) is 2.38. The molecule has 1 aliphatic heterocycles. The highest BCUT2D eigenvalue weighted by Crippen LogP contribution is 2.13. The van der Waals surface area contributed by atoms with Gasteiger partial charge in [-0.25, -0.2) is 14.4 Å². The van der Waals surface area contributed by atoms with Gasteiger partial charge < -0.3 is 25.8 Å². The fraction of sp³-hybridized carbons (Fsp3) is 0.800. The second-order valence-corrected chi connectivity index (χ2v) is 6.83. The average molecular weight is 329 g/mol. The summed E-state index contributed by atoms with van der Waals surface area (Å²) < 4.78 is 5.06. The summed E-state index contributed by atoms with van der Waals surface area (Å²) in [5.74, 6) is -1.08. The van der Waals surface area contributed by atoms with Gasteiger partial charge in [-0.15, -0.1) is 0 Å². The van der Waals surface area contributed by atoms with Crippen LogP contribution in [-0.4, -0.2) is 46.9 Å². The molecule has 0 aliphatic carbocycles. The molecule has 1 unspecified atom stereocenters. The van der Waals surface area contributed by atoms with Crippen molar-refractivity contribution in [1.29, 1.82) is 0 Å². The van der Waals surface area contributed by atoms with Crippen LogP contribution in [0.3, 0.4) is 0 Å². The van der Waals surface area contributed by atoms with Gasteiger partial charge >= 0.3 is 18.1 Å². The summed E-state index contributed by atoms with van der Waals surface area (Å²) in [6, 6.07) is -1.02.